The van der Waals surface area contributed by atoms with Crippen molar-refractivity contribution in [2.45, 2.75) is 32.1 Å². The third-order valence-electron chi connectivity index (χ3n) is 4.48. The molecule has 2 rings (SSSR count). The highest BCUT2D eigenvalue weighted by Gasteiger charge is 2.48. The number of likely N-dealkylation sites (tertiary alicyclic amines) is 2. The van der Waals surface area contributed by atoms with Crippen molar-refractivity contribution in [3.8, 4) is 0 Å². The molecule has 7 nitrogen and oxygen atoms in total. The summed E-state index contributed by atoms with van der Waals surface area (Å²) in [6.07, 6.45) is 2.90. The Morgan fingerprint density at radius 2 is 2.05 bits per heavy atom. The average molecular weight is 317 g/mol. The number of primary sulfonamides is 1. The van der Waals surface area contributed by atoms with E-state index >= 15 is 0 Å². The molecule has 1 atom stereocenters. The average Bonchev–Trinajstić information content (AvgIpc) is 2.80. The van der Waals surface area contributed by atoms with E-state index < -0.39 is 15.4 Å². The Morgan fingerprint density at radius 3 is 2.71 bits per heavy atom. The van der Waals surface area contributed by atoms with Crippen LogP contribution in [0.3, 0.4) is 0 Å². The molecule has 2 heterocycles. The van der Waals surface area contributed by atoms with Gasteiger partial charge in [0.2, 0.25) is 21.8 Å². The zero-order valence-electron chi connectivity index (χ0n) is 12.4. The number of rotatable bonds is 4. The van der Waals surface area contributed by atoms with E-state index in [4.69, 9.17) is 5.14 Å². The van der Waals surface area contributed by atoms with Gasteiger partial charge in [0.1, 0.15) is 0 Å². The summed E-state index contributed by atoms with van der Waals surface area (Å²) in [7, 11) is -1.71. The molecule has 2 aliphatic rings. The Balaban J connectivity index is 1.90. The lowest BCUT2D eigenvalue weighted by Crippen LogP contribution is -2.48. The molecule has 120 valence electrons. The van der Waals surface area contributed by atoms with Crippen molar-refractivity contribution in [3.05, 3.63) is 0 Å². The third kappa shape index (κ3) is 3.74. The lowest BCUT2D eigenvalue weighted by molar-refractivity contribution is -0.144. The number of carbonyl (C=O) groups excluding carboxylic acids is 2. The summed E-state index contributed by atoms with van der Waals surface area (Å²) in [5.41, 5.74) is -0.414. The Kier molecular flexibility index (Phi) is 4.57. The number of carbonyl (C=O) groups is 2. The highest BCUT2D eigenvalue weighted by atomic mass is 32.2. The van der Waals surface area contributed by atoms with Crippen LogP contribution in [0.15, 0.2) is 0 Å². The Labute approximate surface area is 125 Å². The number of nitrogens with zero attached hydrogens (tertiary/aromatic N) is 2. The van der Waals surface area contributed by atoms with Gasteiger partial charge >= 0.3 is 0 Å². The summed E-state index contributed by atoms with van der Waals surface area (Å²) in [4.78, 5) is 27.9. The van der Waals surface area contributed by atoms with E-state index in [2.05, 4.69) is 0 Å². The zero-order chi connectivity index (χ0) is 15.7. The molecule has 8 heteroatoms. The van der Waals surface area contributed by atoms with Crippen molar-refractivity contribution >= 4 is 21.8 Å². The minimum atomic E-state index is -3.52. The van der Waals surface area contributed by atoms with Gasteiger partial charge in [0, 0.05) is 33.1 Å². The van der Waals surface area contributed by atoms with Crippen LogP contribution in [0, 0.1) is 5.41 Å². The third-order valence-corrected chi connectivity index (χ3v) is 5.33. The summed E-state index contributed by atoms with van der Waals surface area (Å²) in [6, 6.07) is 0. The minimum Gasteiger partial charge on any atom is -0.345 e. The molecule has 0 unspecified atom stereocenters. The molecule has 0 saturated carbocycles. The molecule has 2 N–H and O–H groups in total. The molecule has 2 aliphatic heterocycles. The maximum Gasteiger partial charge on any atom is 0.230 e. The SMILES string of the molecule is CN1CCC[C@]2(CCN(C(=O)CCCS(N)(=O)=O)C2)C1=O. The highest BCUT2D eigenvalue weighted by molar-refractivity contribution is 7.89. The summed E-state index contributed by atoms with van der Waals surface area (Å²) >= 11 is 0. The molecule has 0 radical (unpaired) electrons. The van der Waals surface area contributed by atoms with Gasteiger partial charge in [-0.05, 0) is 25.7 Å². The number of amides is 2. The summed E-state index contributed by atoms with van der Waals surface area (Å²) in [5.74, 6) is -0.135. The van der Waals surface area contributed by atoms with Crippen LogP contribution >= 0.6 is 0 Å². The lowest BCUT2D eigenvalue weighted by atomic mass is 9.78. The number of nitrogens with two attached hydrogens (primary N) is 1. The standard InChI is InChI=1S/C13H23N3O4S/c1-15-7-3-5-13(12(15)18)6-8-16(10-13)11(17)4-2-9-21(14,19)20/h2-10H2,1H3,(H2,14,19,20)/t13-/m1/s1. The second kappa shape index (κ2) is 5.92. The van der Waals surface area contributed by atoms with Crippen molar-refractivity contribution in [2.75, 3.05) is 32.4 Å². The summed E-state index contributed by atoms with van der Waals surface area (Å²) in [5, 5.41) is 4.92. The second-order valence-corrected chi connectivity index (χ2v) is 7.88. The van der Waals surface area contributed by atoms with Gasteiger partial charge in [-0.25, -0.2) is 13.6 Å². The van der Waals surface area contributed by atoms with Gasteiger partial charge in [-0.2, -0.15) is 0 Å². The van der Waals surface area contributed by atoms with Crippen LogP contribution in [0.25, 0.3) is 0 Å². The molecule has 0 aliphatic carbocycles. The van der Waals surface area contributed by atoms with Gasteiger partial charge in [0.15, 0.2) is 0 Å². The predicted molar refractivity (Wildman–Crippen MR) is 77.7 cm³/mol. The number of hydrogen-bond acceptors (Lipinski definition) is 4. The first-order chi connectivity index (χ1) is 9.73. The van der Waals surface area contributed by atoms with Gasteiger partial charge < -0.3 is 9.80 Å². The quantitative estimate of drug-likeness (QED) is 0.757. The van der Waals surface area contributed by atoms with E-state index in [-0.39, 0.29) is 30.4 Å². The normalized spacial score (nSPS) is 26.7. The second-order valence-electron chi connectivity index (χ2n) is 6.15. The summed E-state index contributed by atoms with van der Waals surface area (Å²) < 4.78 is 21.7. The van der Waals surface area contributed by atoms with E-state index in [0.29, 0.717) is 19.5 Å². The molecule has 0 aromatic carbocycles. The molecule has 0 aromatic heterocycles. The van der Waals surface area contributed by atoms with E-state index in [0.717, 1.165) is 19.4 Å². The van der Waals surface area contributed by atoms with Crippen molar-refractivity contribution in [1.29, 1.82) is 0 Å². The van der Waals surface area contributed by atoms with Crippen molar-refractivity contribution < 1.29 is 18.0 Å². The minimum absolute atomic E-state index is 0.0865. The van der Waals surface area contributed by atoms with E-state index in [1.807, 2.05) is 0 Å². The molecular formula is C13H23N3O4S. The van der Waals surface area contributed by atoms with Crippen molar-refractivity contribution in [3.63, 3.8) is 0 Å². The Bertz CT molecular complexity index is 534. The predicted octanol–water partition coefficient (Wildman–Crippen LogP) is -0.474. The molecular weight excluding hydrogens is 294 g/mol. The van der Waals surface area contributed by atoms with Crippen LogP contribution in [0.4, 0.5) is 0 Å². The van der Waals surface area contributed by atoms with Gasteiger partial charge in [-0.15, -0.1) is 0 Å². The lowest BCUT2D eigenvalue weighted by Gasteiger charge is -2.37. The van der Waals surface area contributed by atoms with Crippen LogP contribution < -0.4 is 5.14 Å². The van der Waals surface area contributed by atoms with Crippen molar-refractivity contribution in [2.24, 2.45) is 10.6 Å². The fourth-order valence-corrected chi connectivity index (χ4v) is 3.86. The molecule has 0 aromatic rings. The molecule has 2 fully saturated rings. The monoisotopic (exact) mass is 317 g/mol. The van der Waals surface area contributed by atoms with Crippen LogP contribution in [0.2, 0.25) is 0 Å². The fourth-order valence-electron chi connectivity index (χ4n) is 3.31. The number of piperidine rings is 1. The maximum absolute atomic E-state index is 12.4. The fraction of sp³-hybridized carbons (Fsp3) is 0.846. The topological polar surface area (TPSA) is 101 Å². The maximum atomic E-state index is 12.4. The molecule has 2 amide bonds. The van der Waals surface area contributed by atoms with Gasteiger partial charge in [0.05, 0.1) is 11.2 Å². The smallest absolute Gasteiger partial charge is 0.230 e. The Hall–Kier alpha value is -1.15. The number of hydrogen-bond donors (Lipinski definition) is 1. The Morgan fingerprint density at radius 1 is 1.33 bits per heavy atom. The molecule has 21 heavy (non-hydrogen) atoms. The molecule has 1 spiro atoms. The van der Waals surface area contributed by atoms with Gasteiger partial charge in [-0.3, -0.25) is 9.59 Å². The first kappa shape index (κ1) is 16.2. The van der Waals surface area contributed by atoms with Crippen LogP contribution in [0.1, 0.15) is 32.1 Å². The van der Waals surface area contributed by atoms with Gasteiger partial charge in [0.25, 0.3) is 0 Å². The van der Waals surface area contributed by atoms with Crippen molar-refractivity contribution in [1.82, 2.24) is 9.80 Å². The molecule has 0 bridgehead atoms. The number of sulfonamides is 1. The molecule has 2 saturated heterocycles. The highest BCUT2D eigenvalue weighted by Crippen LogP contribution is 2.39. The van der Waals surface area contributed by atoms with E-state index in [1.54, 1.807) is 16.8 Å². The first-order valence-corrected chi connectivity index (χ1v) is 8.99. The van der Waals surface area contributed by atoms with Crippen LogP contribution in [0.5, 0.6) is 0 Å². The van der Waals surface area contributed by atoms with Crippen LogP contribution in [-0.2, 0) is 19.6 Å². The van der Waals surface area contributed by atoms with Gasteiger partial charge in [-0.1, -0.05) is 0 Å². The first-order valence-electron chi connectivity index (χ1n) is 7.27. The van der Waals surface area contributed by atoms with E-state index in [9.17, 15) is 18.0 Å². The summed E-state index contributed by atoms with van der Waals surface area (Å²) in [6.45, 7) is 1.82. The zero-order valence-corrected chi connectivity index (χ0v) is 13.2. The largest absolute Gasteiger partial charge is 0.345 e. The van der Waals surface area contributed by atoms with E-state index in [1.165, 1.54) is 0 Å². The van der Waals surface area contributed by atoms with Crippen LogP contribution in [-0.4, -0.2) is 62.5 Å².